The lowest BCUT2D eigenvalue weighted by molar-refractivity contribution is 0.0995. The summed E-state index contributed by atoms with van der Waals surface area (Å²) in [7, 11) is 0. The van der Waals surface area contributed by atoms with E-state index >= 15 is 0 Å². The molecule has 0 unspecified atom stereocenters. The molecule has 126 valence electrons. The summed E-state index contributed by atoms with van der Waals surface area (Å²) < 4.78 is 0. The highest BCUT2D eigenvalue weighted by atomic mass is 16.1. The summed E-state index contributed by atoms with van der Waals surface area (Å²) in [6.45, 7) is 4.09. The van der Waals surface area contributed by atoms with Crippen LogP contribution in [-0.4, -0.2) is 28.9 Å². The largest absolute Gasteiger partial charge is 0.381 e. The van der Waals surface area contributed by atoms with E-state index in [2.05, 4.69) is 39.5 Å². The summed E-state index contributed by atoms with van der Waals surface area (Å²) in [5.41, 5.74) is 9.05. The monoisotopic (exact) mass is 324 g/mol. The number of hydrogen-bond donors (Lipinski definition) is 2. The maximum Gasteiger partial charge on any atom is 0.267 e. The van der Waals surface area contributed by atoms with E-state index in [0.29, 0.717) is 6.54 Å². The highest BCUT2D eigenvalue weighted by Gasteiger charge is 2.12. The van der Waals surface area contributed by atoms with Crippen molar-refractivity contribution < 1.29 is 4.79 Å². The molecule has 3 N–H and O–H groups in total. The first kappa shape index (κ1) is 16.5. The Bertz CT molecular complexity index is 695. The zero-order valence-corrected chi connectivity index (χ0v) is 13.9. The maximum atomic E-state index is 11.2. The summed E-state index contributed by atoms with van der Waals surface area (Å²) >= 11 is 0. The van der Waals surface area contributed by atoms with Gasteiger partial charge in [-0.05, 0) is 49.2 Å². The predicted octanol–water partition coefficient (Wildman–Crippen LogP) is 2.78. The number of hydrogen-bond acceptors (Lipinski definition) is 4. The average molecular weight is 324 g/mol. The van der Waals surface area contributed by atoms with Crippen molar-refractivity contribution in [3.63, 3.8) is 0 Å². The van der Waals surface area contributed by atoms with Crippen LogP contribution in [0.15, 0.2) is 42.6 Å². The summed E-state index contributed by atoms with van der Waals surface area (Å²) in [6, 6.07) is 12.1. The Kier molecular flexibility index (Phi) is 5.43. The lowest BCUT2D eigenvalue weighted by atomic mass is 10.0. The molecule has 0 spiro atoms. The molecule has 0 bridgehead atoms. The first-order valence-electron chi connectivity index (χ1n) is 8.51. The third kappa shape index (κ3) is 4.32. The number of nitrogens with one attached hydrogen (secondary N) is 1. The third-order valence-electron chi connectivity index (χ3n) is 4.46. The van der Waals surface area contributed by atoms with Gasteiger partial charge in [0.15, 0.2) is 0 Å². The van der Waals surface area contributed by atoms with Crippen LogP contribution in [0.4, 0.5) is 5.69 Å². The number of nitrogens with two attached hydrogens (primary N) is 1. The highest BCUT2D eigenvalue weighted by Crippen LogP contribution is 2.17. The Balaban J connectivity index is 1.66. The van der Waals surface area contributed by atoms with E-state index in [4.69, 9.17) is 5.73 Å². The smallest absolute Gasteiger partial charge is 0.267 e. The molecule has 0 radical (unpaired) electrons. The molecule has 5 heteroatoms. The van der Waals surface area contributed by atoms with Gasteiger partial charge in [-0.25, -0.2) is 0 Å². The van der Waals surface area contributed by atoms with Crippen LogP contribution in [-0.2, 0) is 13.1 Å². The number of carbonyl (C=O) groups excluding carboxylic acids is 1. The highest BCUT2D eigenvalue weighted by molar-refractivity contribution is 5.91. The fourth-order valence-corrected chi connectivity index (χ4v) is 3.12. The van der Waals surface area contributed by atoms with Crippen LogP contribution >= 0.6 is 0 Å². The van der Waals surface area contributed by atoms with Gasteiger partial charge in [0.25, 0.3) is 5.91 Å². The molecule has 5 nitrogen and oxygen atoms in total. The Morgan fingerprint density at radius 1 is 1.12 bits per heavy atom. The van der Waals surface area contributed by atoms with Crippen molar-refractivity contribution in [2.45, 2.75) is 32.4 Å². The molecule has 1 aromatic heterocycles. The van der Waals surface area contributed by atoms with Gasteiger partial charge in [-0.15, -0.1) is 0 Å². The topological polar surface area (TPSA) is 71.2 Å². The van der Waals surface area contributed by atoms with E-state index in [9.17, 15) is 4.79 Å². The Hall–Kier alpha value is -2.40. The van der Waals surface area contributed by atoms with Gasteiger partial charge < -0.3 is 11.1 Å². The van der Waals surface area contributed by atoms with Gasteiger partial charge >= 0.3 is 0 Å². The van der Waals surface area contributed by atoms with E-state index in [1.54, 1.807) is 12.3 Å². The van der Waals surface area contributed by atoms with E-state index in [1.165, 1.54) is 43.5 Å². The lowest BCUT2D eigenvalue weighted by Gasteiger charge is -2.27. The minimum Gasteiger partial charge on any atom is -0.381 e. The van der Waals surface area contributed by atoms with Gasteiger partial charge in [0, 0.05) is 25.0 Å². The molecule has 2 heterocycles. The van der Waals surface area contributed by atoms with Gasteiger partial charge in [-0.2, -0.15) is 0 Å². The summed E-state index contributed by atoms with van der Waals surface area (Å²) in [5.74, 6) is -0.510. The van der Waals surface area contributed by atoms with Crippen molar-refractivity contribution in [3.05, 3.63) is 59.4 Å². The molecule has 2 aromatic rings. The van der Waals surface area contributed by atoms with Crippen molar-refractivity contribution in [3.8, 4) is 0 Å². The van der Waals surface area contributed by atoms with E-state index in [0.717, 1.165) is 12.2 Å². The SMILES string of the molecule is NC(=O)c1cc(NCc2ccccc2CN2CCCCC2)ccn1. The molecule has 1 saturated heterocycles. The first-order valence-corrected chi connectivity index (χ1v) is 8.51. The summed E-state index contributed by atoms with van der Waals surface area (Å²) in [4.78, 5) is 17.7. The number of amides is 1. The fraction of sp³-hybridized carbons (Fsp3) is 0.368. The van der Waals surface area contributed by atoms with Gasteiger partial charge in [0.2, 0.25) is 0 Å². The molecule has 1 amide bonds. The number of likely N-dealkylation sites (tertiary alicyclic amines) is 1. The lowest BCUT2D eigenvalue weighted by Crippen LogP contribution is -2.29. The number of anilines is 1. The molecule has 1 aliphatic rings. The third-order valence-corrected chi connectivity index (χ3v) is 4.46. The van der Waals surface area contributed by atoms with Gasteiger partial charge in [-0.1, -0.05) is 30.7 Å². The van der Waals surface area contributed by atoms with Gasteiger partial charge in [0.1, 0.15) is 5.69 Å². The van der Waals surface area contributed by atoms with E-state index in [1.807, 2.05) is 6.07 Å². The number of nitrogens with zero attached hydrogens (tertiary/aromatic N) is 2. The second-order valence-electron chi connectivity index (χ2n) is 6.25. The molecular weight excluding hydrogens is 300 g/mol. The van der Waals surface area contributed by atoms with Crippen LogP contribution in [0.2, 0.25) is 0 Å². The number of rotatable bonds is 6. The molecule has 0 saturated carbocycles. The summed E-state index contributed by atoms with van der Waals surface area (Å²) in [6.07, 6.45) is 5.55. The molecule has 0 atom stereocenters. The van der Waals surface area contributed by atoms with Crippen molar-refractivity contribution in [1.29, 1.82) is 0 Å². The predicted molar refractivity (Wildman–Crippen MR) is 95.7 cm³/mol. The number of piperidine rings is 1. The van der Waals surface area contributed by atoms with Crippen molar-refractivity contribution >= 4 is 11.6 Å². The molecule has 3 rings (SSSR count). The van der Waals surface area contributed by atoms with Crippen molar-refractivity contribution in [1.82, 2.24) is 9.88 Å². The quantitative estimate of drug-likeness (QED) is 0.857. The second kappa shape index (κ2) is 7.93. The molecule has 0 aliphatic carbocycles. The molecule has 1 fully saturated rings. The molecule has 1 aliphatic heterocycles. The second-order valence-corrected chi connectivity index (χ2v) is 6.25. The molecular formula is C19H24N4O. The Labute approximate surface area is 142 Å². The standard InChI is InChI=1S/C19H24N4O/c20-19(24)18-12-17(8-9-21-18)22-13-15-6-2-3-7-16(15)14-23-10-4-1-5-11-23/h2-3,6-9,12H,1,4-5,10-11,13-14H2,(H2,20,24)(H,21,22). The fourth-order valence-electron chi connectivity index (χ4n) is 3.12. The number of pyridine rings is 1. The minimum atomic E-state index is -0.510. The number of carbonyl (C=O) groups is 1. The van der Waals surface area contributed by atoms with E-state index < -0.39 is 5.91 Å². The van der Waals surface area contributed by atoms with Crippen molar-refractivity contribution in [2.75, 3.05) is 18.4 Å². The normalized spacial score (nSPS) is 15.2. The minimum absolute atomic E-state index is 0.279. The van der Waals surface area contributed by atoms with Gasteiger partial charge in [0.05, 0.1) is 0 Å². The summed E-state index contributed by atoms with van der Waals surface area (Å²) in [5, 5.41) is 3.37. The van der Waals surface area contributed by atoms with Crippen LogP contribution in [0.1, 0.15) is 40.9 Å². The zero-order valence-electron chi connectivity index (χ0n) is 13.9. The Morgan fingerprint density at radius 2 is 1.88 bits per heavy atom. The van der Waals surface area contributed by atoms with Crippen molar-refractivity contribution in [2.24, 2.45) is 5.73 Å². The van der Waals surface area contributed by atoms with Crippen LogP contribution in [0.25, 0.3) is 0 Å². The van der Waals surface area contributed by atoms with Crippen LogP contribution in [0.3, 0.4) is 0 Å². The van der Waals surface area contributed by atoms with E-state index in [-0.39, 0.29) is 5.69 Å². The van der Waals surface area contributed by atoms with Crippen LogP contribution in [0.5, 0.6) is 0 Å². The number of benzene rings is 1. The Morgan fingerprint density at radius 3 is 2.62 bits per heavy atom. The van der Waals surface area contributed by atoms with Crippen LogP contribution < -0.4 is 11.1 Å². The first-order chi connectivity index (χ1) is 11.7. The van der Waals surface area contributed by atoms with Gasteiger partial charge in [-0.3, -0.25) is 14.7 Å². The maximum absolute atomic E-state index is 11.2. The molecule has 1 aromatic carbocycles. The number of primary amides is 1. The zero-order chi connectivity index (χ0) is 16.8. The average Bonchev–Trinajstić information content (AvgIpc) is 2.62. The number of aromatic nitrogens is 1. The van der Waals surface area contributed by atoms with Crippen LogP contribution in [0, 0.1) is 0 Å². The molecule has 24 heavy (non-hydrogen) atoms.